The summed E-state index contributed by atoms with van der Waals surface area (Å²) >= 11 is 1.77. The molecule has 5 rings (SSSR count). The Kier molecular flexibility index (Phi) is 4.64. The van der Waals surface area contributed by atoms with E-state index in [1.165, 1.54) is 12.1 Å². The number of rotatable bonds is 4. The lowest BCUT2D eigenvalue weighted by Crippen LogP contribution is -2.30. The Labute approximate surface area is 172 Å². The lowest BCUT2D eigenvalue weighted by Gasteiger charge is -2.26. The van der Waals surface area contributed by atoms with Gasteiger partial charge in [-0.05, 0) is 35.9 Å². The molecular formula is C23H19FN2O2S. The van der Waals surface area contributed by atoms with Crippen LogP contribution in [0.2, 0.25) is 0 Å². The summed E-state index contributed by atoms with van der Waals surface area (Å²) in [6.07, 6.45) is -0.262. The molecular weight excluding hydrogens is 387 g/mol. The Morgan fingerprint density at radius 2 is 1.69 bits per heavy atom. The number of benzene rings is 3. The van der Waals surface area contributed by atoms with Crippen LogP contribution in [0.5, 0.6) is 5.75 Å². The monoisotopic (exact) mass is 406 g/mol. The van der Waals surface area contributed by atoms with Gasteiger partial charge in [-0.25, -0.2) is 4.39 Å². The zero-order valence-electron chi connectivity index (χ0n) is 15.7. The molecule has 1 fully saturated rings. The second-order valence-corrected chi connectivity index (χ2v) is 8.11. The van der Waals surface area contributed by atoms with Gasteiger partial charge in [0.2, 0.25) is 0 Å². The van der Waals surface area contributed by atoms with E-state index < -0.39 is 0 Å². The van der Waals surface area contributed by atoms with Crippen LogP contribution in [-0.2, 0) is 4.84 Å². The molecule has 3 unspecified atom stereocenters. The first kappa shape index (κ1) is 18.1. The maximum absolute atomic E-state index is 13.4. The summed E-state index contributed by atoms with van der Waals surface area (Å²) in [5.41, 5.74) is 3.04. The number of halogens is 1. The van der Waals surface area contributed by atoms with Gasteiger partial charge < -0.3 is 14.5 Å². The summed E-state index contributed by atoms with van der Waals surface area (Å²) in [6, 6.07) is 24.7. The Hall–Kier alpha value is -2.99. The first-order valence-corrected chi connectivity index (χ1v) is 10.3. The highest BCUT2D eigenvalue weighted by molar-refractivity contribution is 8.01. The predicted octanol–water partition coefficient (Wildman–Crippen LogP) is 5.54. The molecule has 29 heavy (non-hydrogen) atoms. The molecule has 0 aliphatic carbocycles. The van der Waals surface area contributed by atoms with E-state index in [-0.39, 0.29) is 22.5 Å². The molecule has 0 bridgehead atoms. The molecule has 6 heteroatoms. The summed E-state index contributed by atoms with van der Waals surface area (Å²) in [5, 5.41) is 4.44. The van der Waals surface area contributed by atoms with E-state index in [4.69, 9.17) is 9.57 Å². The summed E-state index contributed by atoms with van der Waals surface area (Å²) < 4.78 is 19.0. The first-order valence-electron chi connectivity index (χ1n) is 9.38. The van der Waals surface area contributed by atoms with Crippen molar-refractivity contribution in [2.45, 2.75) is 16.7 Å². The second-order valence-electron chi connectivity index (χ2n) is 6.88. The number of para-hydroxylation sites is 2. The van der Waals surface area contributed by atoms with E-state index in [1.54, 1.807) is 31.0 Å². The fourth-order valence-corrected chi connectivity index (χ4v) is 5.41. The molecule has 1 saturated heterocycles. The van der Waals surface area contributed by atoms with Gasteiger partial charge in [-0.2, -0.15) is 0 Å². The van der Waals surface area contributed by atoms with Gasteiger partial charge in [-0.1, -0.05) is 53.7 Å². The van der Waals surface area contributed by atoms with E-state index in [9.17, 15) is 4.39 Å². The number of thioether (sulfide) groups is 1. The minimum Gasteiger partial charge on any atom is -0.496 e. The molecule has 2 heterocycles. The van der Waals surface area contributed by atoms with Crippen molar-refractivity contribution in [2.75, 3.05) is 12.0 Å². The van der Waals surface area contributed by atoms with Gasteiger partial charge in [0, 0.05) is 11.3 Å². The normalized spacial score (nSPS) is 22.8. The molecule has 146 valence electrons. The van der Waals surface area contributed by atoms with Gasteiger partial charge in [-0.15, -0.1) is 11.8 Å². The van der Waals surface area contributed by atoms with Crippen molar-refractivity contribution in [1.82, 2.24) is 0 Å². The van der Waals surface area contributed by atoms with Crippen molar-refractivity contribution < 1.29 is 14.0 Å². The number of methoxy groups -OCH3 is 1. The number of fused-ring (bicyclic) bond motifs is 1. The van der Waals surface area contributed by atoms with Crippen molar-refractivity contribution >= 4 is 23.3 Å². The molecule has 0 spiro atoms. The molecule has 0 N–H and O–H groups in total. The third-order valence-electron chi connectivity index (χ3n) is 5.18. The highest BCUT2D eigenvalue weighted by Crippen LogP contribution is 2.54. The molecule has 3 aromatic carbocycles. The van der Waals surface area contributed by atoms with Gasteiger partial charge in [0.1, 0.15) is 22.2 Å². The number of amidine groups is 1. The average Bonchev–Trinajstić information content (AvgIpc) is 3.34. The van der Waals surface area contributed by atoms with E-state index >= 15 is 0 Å². The van der Waals surface area contributed by atoms with Crippen LogP contribution in [0.4, 0.5) is 10.1 Å². The number of anilines is 1. The molecule has 2 aliphatic rings. The Bertz CT molecular complexity index is 1040. The van der Waals surface area contributed by atoms with Crippen LogP contribution in [0.25, 0.3) is 0 Å². The van der Waals surface area contributed by atoms with Crippen molar-refractivity contribution in [1.29, 1.82) is 0 Å². The van der Waals surface area contributed by atoms with Crippen LogP contribution in [0.15, 0.2) is 84.0 Å². The smallest absolute Gasteiger partial charge is 0.171 e. The van der Waals surface area contributed by atoms with Crippen LogP contribution < -0.4 is 9.64 Å². The first-order chi connectivity index (χ1) is 14.3. The van der Waals surface area contributed by atoms with Gasteiger partial charge in [-0.3, -0.25) is 0 Å². The highest BCUT2D eigenvalue weighted by Gasteiger charge is 2.49. The summed E-state index contributed by atoms with van der Waals surface area (Å²) in [7, 11) is 1.69. The lowest BCUT2D eigenvalue weighted by atomic mass is 10.1. The fourth-order valence-electron chi connectivity index (χ4n) is 3.81. The number of oxime groups is 1. The van der Waals surface area contributed by atoms with Crippen molar-refractivity contribution in [3.63, 3.8) is 0 Å². The summed E-state index contributed by atoms with van der Waals surface area (Å²) in [5.74, 6) is 1.45. The van der Waals surface area contributed by atoms with E-state index in [2.05, 4.69) is 28.3 Å². The Morgan fingerprint density at radius 1 is 0.966 bits per heavy atom. The van der Waals surface area contributed by atoms with Crippen molar-refractivity contribution in [3.05, 3.63) is 95.8 Å². The quantitative estimate of drug-likeness (QED) is 0.570. The predicted molar refractivity (Wildman–Crippen MR) is 114 cm³/mol. The summed E-state index contributed by atoms with van der Waals surface area (Å²) in [4.78, 5) is 8.02. The van der Waals surface area contributed by atoms with Gasteiger partial charge in [0.25, 0.3) is 0 Å². The number of ether oxygens (including phenoxy) is 1. The number of hydrogen-bond acceptors (Lipinski definition) is 5. The zero-order valence-corrected chi connectivity index (χ0v) is 16.6. The van der Waals surface area contributed by atoms with Crippen LogP contribution in [0.1, 0.15) is 22.6 Å². The Balaban J connectivity index is 1.57. The number of nitrogens with zero attached hydrogens (tertiary/aromatic N) is 2. The van der Waals surface area contributed by atoms with Crippen LogP contribution >= 0.6 is 11.8 Å². The maximum atomic E-state index is 13.4. The molecule has 0 amide bonds. The van der Waals surface area contributed by atoms with Crippen LogP contribution in [0.3, 0.4) is 0 Å². The van der Waals surface area contributed by atoms with Crippen molar-refractivity contribution in [3.8, 4) is 5.75 Å². The van der Waals surface area contributed by atoms with Crippen LogP contribution in [-0.4, -0.2) is 18.2 Å². The SMILES string of the molecule is COc1ccccc1C1SC2C(=NOC2c2ccc(F)cc2)N1c1ccccc1. The fraction of sp³-hybridized carbons (Fsp3) is 0.174. The molecule has 0 aromatic heterocycles. The molecule has 3 atom stereocenters. The molecule has 0 radical (unpaired) electrons. The van der Waals surface area contributed by atoms with E-state index in [1.807, 2.05) is 36.4 Å². The maximum Gasteiger partial charge on any atom is 0.171 e. The largest absolute Gasteiger partial charge is 0.496 e. The third kappa shape index (κ3) is 3.13. The third-order valence-corrected chi connectivity index (χ3v) is 6.66. The second kappa shape index (κ2) is 7.44. The van der Waals surface area contributed by atoms with Gasteiger partial charge >= 0.3 is 0 Å². The van der Waals surface area contributed by atoms with Crippen molar-refractivity contribution in [2.24, 2.45) is 5.16 Å². The van der Waals surface area contributed by atoms with Gasteiger partial charge in [0.05, 0.1) is 7.11 Å². The highest BCUT2D eigenvalue weighted by atomic mass is 32.2. The van der Waals surface area contributed by atoms with E-state index in [0.717, 1.165) is 28.4 Å². The van der Waals surface area contributed by atoms with Crippen LogP contribution in [0, 0.1) is 5.82 Å². The van der Waals surface area contributed by atoms with E-state index in [0.29, 0.717) is 0 Å². The average molecular weight is 406 g/mol. The summed E-state index contributed by atoms with van der Waals surface area (Å²) in [6.45, 7) is 0. The topological polar surface area (TPSA) is 34.1 Å². The number of hydrogen-bond donors (Lipinski definition) is 0. The molecule has 2 aliphatic heterocycles. The molecule has 3 aromatic rings. The van der Waals surface area contributed by atoms with Gasteiger partial charge in [0.15, 0.2) is 11.9 Å². The standard InChI is InChI=1S/C23H19FN2O2S/c1-27-19-10-6-5-9-18(19)23-26(17-7-3-2-4-8-17)22-21(29-23)20(28-25-22)15-11-13-16(24)14-12-15/h2-14,20-21,23H,1H3. The zero-order chi connectivity index (χ0) is 19.8. The Morgan fingerprint density at radius 3 is 2.45 bits per heavy atom. The molecule has 4 nitrogen and oxygen atoms in total. The minimum absolute atomic E-state index is 0.00409. The molecule has 0 saturated carbocycles. The minimum atomic E-state index is -0.262. The lowest BCUT2D eigenvalue weighted by molar-refractivity contribution is 0.0880.